The SMILES string of the molecule is CCCNCc1ccc(OCc2ncc(Cl)n2C)cc1. The van der Waals surface area contributed by atoms with Crippen molar-refractivity contribution in [1.82, 2.24) is 14.9 Å². The number of ether oxygens (including phenoxy) is 1. The standard InChI is InChI=1S/C15H20ClN3O/c1-3-8-17-9-12-4-6-13(7-5-12)20-11-15-18-10-14(16)19(15)2/h4-7,10,17H,3,8-9,11H2,1-2H3. The van der Waals surface area contributed by atoms with E-state index in [1.165, 1.54) is 5.56 Å². The number of nitrogens with one attached hydrogen (secondary N) is 1. The van der Waals surface area contributed by atoms with E-state index in [0.717, 1.165) is 31.1 Å². The third kappa shape index (κ3) is 3.99. The molecule has 0 saturated heterocycles. The summed E-state index contributed by atoms with van der Waals surface area (Å²) in [5.41, 5.74) is 1.26. The van der Waals surface area contributed by atoms with Gasteiger partial charge in [0.25, 0.3) is 0 Å². The second kappa shape index (κ2) is 7.31. The Hall–Kier alpha value is -1.52. The minimum absolute atomic E-state index is 0.413. The molecule has 5 heteroatoms. The van der Waals surface area contributed by atoms with Gasteiger partial charge in [0.05, 0.1) is 6.20 Å². The zero-order valence-corrected chi connectivity index (χ0v) is 12.7. The highest BCUT2D eigenvalue weighted by Gasteiger charge is 2.05. The summed E-state index contributed by atoms with van der Waals surface area (Å²) in [6.45, 7) is 4.51. The van der Waals surface area contributed by atoms with Crippen molar-refractivity contribution < 1.29 is 4.74 Å². The van der Waals surface area contributed by atoms with Gasteiger partial charge < -0.3 is 14.6 Å². The highest BCUT2D eigenvalue weighted by Crippen LogP contribution is 2.15. The molecule has 4 nitrogen and oxygen atoms in total. The molecule has 1 aromatic heterocycles. The average Bonchev–Trinajstić information content (AvgIpc) is 2.78. The average molecular weight is 294 g/mol. The number of hydrogen-bond acceptors (Lipinski definition) is 3. The largest absolute Gasteiger partial charge is 0.486 e. The minimum atomic E-state index is 0.413. The summed E-state index contributed by atoms with van der Waals surface area (Å²) < 4.78 is 7.51. The van der Waals surface area contributed by atoms with Crippen molar-refractivity contribution in [3.63, 3.8) is 0 Å². The molecule has 0 fully saturated rings. The van der Waals surface area contributed by atoms with Crippen molar-refractivity contribution in [2.75, 3.05) is 6.54 Å². The summed E-state index contributed by atoms with van der Waals surface area (Å²) >= 11 is 5.93. The van der Waals surface area contributed by atoms with Crippen LogP contribution >= 0.6 is 11.6 Å². The molecule has 0 atom stereocenters. The normalized spacial score (nSPS) is 10.8. The summed E-state index contributed by atoms with van der Waals surface area (Å²) in [7, 11) is 1.87. The Morgan fingerprint density at radius 3 is 2.65 bits per heavy atom. The van der Waals surface area contributed by atoms with Gasteiger partial charge in [0, 0.05) is 13.6 Å². The number of rotatable bonds is 7. The number of imidazole rings is 1. The van der Waals surface area contributed by atoms with Gasteiger partial charge in [-0.3, -0.25) is 0 Å². The fourth-order valence-corrected chi connectivity index (χ4v) is 1.97. The Morgan fingerprint density at radius 1 is 1.30 bits per heavy atom. The number of hydrogen-bond donors (Lipinski definition) is 1. The fourth-order valence-electron chi connectivity index (χ4n) is 1.82. The smallest absolute Gasteiger partial charge is 0.147 e. The lowest BCUT2D eigenvalue weighted by atomic mass is 10.2. The second-order valence-corrected chi connectivity index (χ2v) is 5.05. The molecule has 20 heavy (non-hydrogen) atoms. The Kier molecular flexibility index (Phi) is 5.44. The topological polar surface area (TPSA) is 39.1 Å². The van der Waals surface area contributed by atoms with Crippen molar-refractivity contribution in [3.8, 4) is 5.75 Å². The maximum absolute atomic E-state index is 5.93. The van der Waals surface area contributed by atoms with Crippen LogP contribution in [0.1, 0.15) is 24.7 Å². The van der Waals surface area contributed by atoms with Crippen molar-refractivity contribution in [2.24, 2.45) is 7.05 Å². The van der Waals surface area contributed by atoms with Crippen molar-refractivity contribution in [2.45, 2.75) is 26.5 Å². The van der Waals surface area contributed by atoms with Gasteiger partial charge in [-0.05, 0) is 30.7 Å². The van der Waals surface area contributed by atoms with Gasteiger partial charge >= 0.3 is 0 Å². The van der Waals surface area contributed by atoms with Crippen LogP contribution in [0, 0.1) is 0 Å². The summed E-state index contributed by atoms with van der Waals surface area (Å²) in [6.07, 6.45) is 2.77. The van der Waals surface area contributed by atoms with Crippen LogP contribution in [0.3, 0.4) is 0 Å². The van der Waals surface area contributed by atoms with Crippen molar-refractivity contribution in [3.05, 3.63) is 47.0 Å². The molecule has 2 aromatic rings. The molecule has 0 saturated carbocycles. The molecule has 0 unspecified atom stereocenters. The highest BCUT2D eigenvalue weighted by atomic mass is 35.5. The van der Waals surface area contributed by atoms with Gasteiger partial charge in [-0.1, -0.05) is 30.7 Å². The van der Waals surface area contributed by atoms with E-state index in [2.05, 4.69) is 29.4 Å². The first-order valence-electron chi connectivity index (χ1n) is 6.79. The predicted molar refractivity (Wildman–Crippen MR) is 81.0 cm³/mol. The minimum Gasteiger partial charge on any atom is -0.486 e. The van der Waals surface area contributed by atoms with Gasteiger partial charge in [0.15, 0.2) is 0 Å². The van der Waals surface area contributed by atoms with Crippen LogP contribution in [0.15, 0.2) is 30.5 Å². The third-order valence-corrected chi connectivity index (χ3v) is 3.43. The zero-order valence-electron chi connectivity index (χ0n) is 11.9. The Balaban J connectivity index is 1.86. The summed E-state index contributed by atoms with van der Waals surface area (Å²) in [4.78, 5) is 4.19. The van der Waals surface area contributed by atoms with Crippen LogP contribution in [-0.2, 0) is 20.2 Å². The molecule has 0 spiro atoms. The van der Waals surface area contributed by atoms with Crippen LogP contribution in [0.4, 0.5) is 0 Å². The van der Waals surface area contributed by atoms with E-state index in [0.29, 0.717) is 11.8 Å². The molecule has 0 radical (unpaired) electrons. The highest BCUT2D eigenvalue weighted by molar-refractivity contribution is 6.29. The maximum atomic E-state index is 5.93. The molecule has 0 aliphatic heterocycles. The van der Waals surface area contributed by atoms with Crippen LogP contribution in [0.2, 0.25) is 5.15 Å². The van der Waals surface area contributed by atoms with E-state index < -0.39 is 0 Å². The number of aromatic nitrogens is 2. The van der Waals surface area contributed by atoms with E-state index in [9.17, 15) is 0 Å². The molecule has 0 bridgehead atoms. The molecular formula is C15H20ClN3O. The molecule has 1 N–H and O–H groups in total. The van der Waals surface area contributed by atoms with Crippen LogP contribution in [0.5, 0.6) is 5.75 Å². The van der Waals surface area contributed by atoms with Gasteiger partial charge in [0.2, 0.25) is 0 Å². The molecule has 0 aliphatic carbocycles. The van der Waals surface area contributed by atoms with E-state index in [1.807, 2.05) is 23.7 Å². The second-order valence-electron chi connectivity index (χ2n) is 4.67. The monoisotopic (exact) mass is 293 g/mol. The molecule has 108 valence electrons. The first kappa shape index (κ1) is 14.9. The van der Waals surface area contributed by atoms with E-state index in [1.54, 1.807) is 6.20 Å². The molecule has 2 rings (SSSR count). The molecule has 0 aliphatic rings. The van der Waals surface area contributed by atoms with E-state index in [4.69, 9.17) is 16.3 Å². The van der Waals surface area contributed by atoms with E-state index in [-0.39, 0.29) is 0 Å². The van der Waals surface area contributed by atoms with Gasteiger partial charge in [0.1, 0.15) is 23.3 Å². The Morgan fingerprint density at radius 2 is 2.05 bits per heavy atom. The molecule has 1 aromatic carbocycles. The van der Waals surface area contributed by atoms with Gasteiger partial charge in [-0.15, -0.1) is 0 Å². The summed E-state index contributed by atoms with van der Waals surface area (Å²) in [6, 6.07) is 8.10. The molecule has 0 amide bonds. The number of nitrogens with zero attached hydrogens (tertiary/aromatic N) is 2. The first-order valence-corrected chi connectivity index (χ1v) is 7.17. The Bertz CT molecular complexity index is 537. The maximum Gasteiger partial charge on any atom is 0.147 e. The zero-order chi connectivity index (χ0) is 14.4. The van der Waals surface area contributed by atoms with Crippen molar-refractivity contribution >= 4 is 11.6 Å². The molecular weight excluding hydrogens is 274 g/mol. The van der Waals surface area contributed by atoms with Gasteiger partial charge in [-0.2, -0.15) is 0 Å². The summed E-state index contributed by atoms with van der Waals surface area (Å²) in [5.74, 6) is 1.65. The van der Waals surface area contributed by atoms with Crippen LogP contribution < -0.4 is 10.1 Å². The molecule has 1 heterocycles. The first-order chi connectivity index (χ1) is 9.70. The lowest BCUT2D eigenvalue weighted by Crippen LogP contribution is -2.13. The van der Waals surface area contributed by atoms with Crippen LogP contribution in [0.25, 0.3) is 0 Å². The van der Waals surface area contributed by atoms with Crippen LogP contribution in [-0.4, -0.2) is 16.1 Å². The lowest BCUT2D eigenvalue weighted by Gasteiger charge is -2.08. The van der Waals surface area contributed by atoms with Gasteiger partial charge in [-0.25, -0.2) is 4.98 Å². The van der Waals surface area contributed by atoms with Crippen molar-refractivity contribution in [1.29, 1.82) is 0 Å². The lowest BCUT2D eigenvalue weighted by molar-refractivity contribution is 0.292. The summed E-state index contributed by atoms with van der Waals surface area (Å²) in [5, 5.41) is 3.98. The predicted octanol–water partition coefficient (Wildman–Crippen LogP) is 3.15. The number of halogens is 1. The quantitative estimate of drug-likeness (QED) is 0.797. The Labute approximate surface area is 124 Å². The third-order valence-electron chi connectivity index (χ3n) is 3.07. The van der Waals surface area contributed by atoms with E-state index >= 15 is 0 Å². The number of benzene rings is 1. The fraction of sp³-hybridized carbons (Fsp3) is 0.400.